The van der Waals surface area contributed by atoms with Crippen LogP contribution in [0.4, 0.5) is 0 Å². The van der Waals surface area contributed by atoms with Gasteiger partial charge in [0.15, 0.2) is 5.76 Å². The average Bonchev–Trinajstić information content (AvgIpc) is 3.00. The molecule has 1 N–H and O–H groups in total. The summed E-state index contributed by atoms with van der Waals surface area (Å²) in [6.45, 7) is 4.41. The molecule has 0 unspecified atom stereocenters. The molecule has 0 bridgehead atoms. The van der Waals surface area contributed by atoms with Gasteiger partial charge in [-0.15, -0.1) is 0 Å². The maximum atomic E-state index is 12.2. The highest BCUT2D eigenvalue weighted by Gasteiger charge is 2.18. The van der Waals surface area contributed by atoms with Crippen molar-refractivity contribution in [2.24, 2.45) is 0 Å². The summed E-state index contributed by atoms with van der Waals surface area (Å²) in [5.74, 6) is 0.920. The molecule has 4 heteroatoms. The molecule has 0 radical (unpaired) electrons. The van der Waals surface area contributed by atoms with Crippen molar-refractivity contribution in [1.29, 1.82) is 0 Å². The predicted molar refractivity (Wildman–Crippen MR) is 81.3 cm³/mol. The van der Waals surface area contributed by atoms with Crippen LogP contribution in [-0.4, -0.2) is 11.9 Å². The fraction of sp³-hybridized carbons (Fsp3) is 0.353. The summed E-state index contributed by atoms with van der Waals surface area (Å²) in [5, 5.41) is 2.97. The van der Waals surface area contributed by atoms with E-state index in [2.05, 4.69) is 19.2 Å². The highest BCUT2D eigenvalue weighted by atomic mass is 16.5. The molecule has 2 aromatic rings. The molecular weight excluding hydrogens is 266 g/mol. The lowest BCUT2D eigenvalue weighted by molar-refractivity contribution is 0.0903. The summed E-state index contributed by atoms with van der Waals surface area (Å²) in [4.78, 5) is 12.2. The zero-order valence-electron chi connectivity index (χ0n) is 12.5. The topological polar surface area (TPSA) is 51.5 Å². The Balaban J connectivity index is 1.99. The lowest BCUT2D eigenvalue weighted by Crippen LogP contribution is -2.34. The van der Waals surface area contributed by atoms with Crippen LogP contribution in [0.15, 0.2) is 47.1 Å². The lowest BCUT2D eigenvalue weighted by Gasteiger charge is -2.14. The highest BCUT2D eigenvalue weighted by molar-refractivity contribution is 5.93. The van der Waals surface area contributed by atoms with Crippen LogP contribution < -0.4 is 10.1 Å². The monoisotopic (exact) mass is 287 g/mol. The first-order valence-corrected chi connectivity index (χ1v) is 7.29. The molecule has 1 aromatic heterocycles. The zero-order valence-corrected chi connectivity index (χ0v) is 12.5. The second-order valence-electron chi connectivity index (χ2n) is 4.86. The summed E-state index contributed by atoms with van der Waals surface area (Å²) < 4.78 is 11.0. The number of hydrogen-bond acceptors (Lipinski definition) is 3. The maximum Gasteiger partial charge on any atom is 0.287 e. The van der Waals surface area contributed by atoms with Crippen molar-refractivity contribution >= 4 is 5.91 Å². The number of ether oxygens (including phenoxy) is 1. The van der Waals surface area contributed by atoms with Crippen LogP contribution in [0, 0.1) is 0 Å². The molecule has 1 aromatic carbocycles. The molecule has 2 rings (SSSR count). The van der Waals surface area contributed by atoms with Gasteiger partial charge in [-0.2, -0.15) is 0 Å². The third-order valence-electron chi connectivity index (χ3n) is 3.41. The van der Waals surface area contributed by atoms with Crippen molar-refractivity contribution in [2.45, 2.75) is 39.3 Å². The SMILES string of the molecule is CCC(CC)NC(=O)c1occc1COc1ccccc1. The van der Waals surface area contributed by atoms with Crippen molar-refractivity contribution in [3.8, 4) is 5.75 Å². The Hall–Kier alpha value is -2.23. The third kappa shape index (κ3) is 4.12. The number of furan rings is 1. The number of hydrogen-bond donors (Lipinski definition) is 1. The van der Waals surface area contributed by atoms with E-state index in [0.717, 1.165) is 24.2 Å². The fourth-order valence-electron chi connectivity index (χ4n) is 2.07. The molecule has 0 saturated heterocycles. The number of amides is 1. The predicted octanol–water partition coefficient (Wildman–Crippen LogP) is 3.78. The first kappa shape index (κ1) is 15.2. The summed E-state index contributed by atoms with van der Waals surface area (Å²) in [6, 6.07) is 11.4. The Labute approximate surface area is 125 Å². The van der Waals surface area contributed by atoms with Crippen LogP contribution in [0.1, 0.15) is 42.8 Å². The van der Waals surface area contributed by atoms with E-state index in [1.165, 1.54) is 6.26 Å². The van der Waals surface area contributed by atoms with E-state index in [1.807, 2.05) is 30.3 Å². The zero-order chi connectivity index (χ0) is 15.1. The average molecular weight is 287 g/mol. The molecule has 1 amide bonds. The van der Waals surface area contributed by atoms with E-state index in [1.54, 1.807) is 6.07 Å². The van der Waals surface area contributed by atoms with Gasteiger partial charge in [0.1, 0.15) is 12.4 Å². The number of nitrogens with one attached hydrogen (secondary N) is 1. The molecule has 0 spiro atoms. The van der Waals surface area contributed by atoms with E-state index in [0.29, 0.717) is 12.4 Å². The van der Waals surface area contributed by atoms with Gasteiger partial charge in [0, 0.05) is 11.6 Å². The van der Waals surface area contributed by atoms with E-state index < -0.39 is 0 Å². The maximum absolute atomic E-state index is 12.2. The molecule has 0 aliphatic carbocycles. The molecule has 0 fully saturated rings. The van der Waals surface area contributed by atoms with Gasteiger partial charge in [-0.25, -0.2) is 0 Å². The number of benzene rings is 1. The van der Waals surface area contributed by atoms with Crippen molar-refractivity contribution in [3.63, 3.8) is 0 Å². The Bertz CT molecular complexity index is 558. The largest absolute Gasteiger partial charge is 0.489 e. The van der Waals surface area contributed by atoms with Crippen LogP contribution in [-0.2, 0) is 6.61 Å². The first-order chi connectivity index (χ1) is 10.2. The number of carbonyl (C=O) groups is 1. The van der Waals surface area contributed by atoms with Gasteiger partial charge in [-0.05, 0) is 31.0 Å². The van der Waals surface area contributed by atoms with Crippen LogP contribution >= 0.6 is 0 Å². The van der Waals surface area contributed by atoms with Crippen LogP contribution in [0.2, 0.25) is 0 Å². The number of para-hydroxylation sites is 1. The van der Waals surface area contributed by atoms with Gasteiger partial charge >= 0.3 is 0 Å². The summed E-state index contributed by atoms with van der Waals surface area (Å²) >= 11 is 0. The first-order valence-electron chi connectivity index (χ1n) is 7.29. The Kier molecular flexibility index (Phi) is 5.43. The molecular formula is C17H21NO3. The van der Waals surface area contributed by atoms with Crippen molar-refractivity contribution in [3.05, 3.63) is 54.0 Å². The molecule has 1 heterocycles. The molecule has 0 aliphatic heterocycles. The summed E-state index contributed by atoms with van der Waals surface area (Å²) in [6.07, 6.45) is 3.32. The van der Waals surface area contributed by atoms with Crippen LogP contribution in [0.25, 0.3) is 0 Å². The minimum atomic E-state index is -0.180. The second-order valence-corrected chi connectivity index (χ2v) is 4.86. The van der Waals surface area contributed by atoms with Crippen molar-refractivity contribution in [1.82, 2.24) is 5.32 Å². The molecule has 0 saturated carbocycles. The Morgan fingerprint density at radius 3 is 2.57 bits per heavy atom. The Morgan fingerprint density at radius 2 is 1.90 bits per heavy atom. The molecule has 21 heavy (non-hydrogen) atoms. The number of rotatable bonds is 7. The molecule has 4 nitrogen and oxygen atoms in total. The van der Waals surface area contributed by atoms with Gasteiger partial charge in [-0.3, -0.25) is 4.79 Å². The van der Waals surface area contributed by atoms with Gasteiger partial charge in [0.2, 0.25) is 0 Å². The number of carbonyl (C=O) groups excluding carboxylic acids is 1. The van der Waals surface area contributed by atoms with Gasteiger partial charge in [0.05, 0.1) is 6.26 Å². The standard InChI is InChI=1S/C17H21NO3/c1-3-14(4-2)18-17(19)16-13(10-11-20-16)12-21-15-8-6-5-7-9-15/h5-11,14H,3-4,12H2,1-2H3,(H,18,19). The van der Waals surface area contributed by atoms with Gasteiger partial charge in [0.25, 0.3) is 5.91 Å². The van der Waals surface area contributed by atoms with E-state index in [-0.39, 0.29) is 11.9 Å². The van der Waals surface area contributed by atoms with Gasteiger partial charge in [-0.1, -0.05) is 32.0 Å². The Morgan fingerprint density at radius 1 is 1.19 bits per heavy atom. The smallest absolute Gasteiger partial charge is 0.287 e. The highest BCUT2D eigenvalue weighted by Crippen LogP contribution is 2.16. The van der Waals surface area contributed by atoms with Crippen molar-refractivity contribution in [2.75, 3.05) is 0 Å². The van der Waals surface area contributed by atoms with E-state index >= 15 is 0 Å². The molecule has 0 atom stereocenters. The van der Waals surface area contributed by atoms with Crippen LogP contribution in [0.3, 0.4) is 0 Å². The van der Waals surface area contributed by atoms with E-state index in [9.17, 15) is 4.79 Å². The van der Waals surface area contributed by atoms with E-state index in [4.69, 9.17) is 9.15 Å². The van der Waals surface area contributed by atoms with Gasteiger partial charge < -0.3 is 14.5 Å². The molecule has 0 aliphatic rings. The fourth-order valence-corrected chi connectivity index (χ4v) is 2.07. The lowest BCUT2D eigenvalue weighted by atomic mass is 10.1. The second kappa shape index (κ2) is 7.53. The van der Waals surface area contributed by atoms with Crippen molar-refractivity contribution < 1.29 is 13.9 Å². The minimum absolute atomic E-state index is 0.172. The normalized spacial score (nSPS) is 10.6. The van der Waals surface area contributed by atoms with Crippen LogP contribution in [0.5, 0.6) is 5.75 Å². The summed E-state index contributed by atoms with van der Waals surface area (Å²) in [7, 11) is 0. The summed E-state index contributed by atoms with van der Waals surface area (Å²) in [5.41, 5.74) is 0.752. The molecule has 112 valence electrons. The third-order valence-corrected chi connectivity index (χ3v) is 3.41. The quantitative estimate of drug-likeness (QED) is 0.843. The minimum Gasteiger partial charge on any atom is -0.489 e.